The van der Waals surface area contributed by atoms with Crippen molar-refractivity contribution in [2.24, 2.45) is 5.18 Å². The average molecular weight is 151 g/mol. The summed E-state index contributed by atoms with van der Waals surface area (Å²) < 4.78 is 0. The first-order valence-electron chi connectivity index (χ1n) is 3.36. The van der Waals surface area contributed by atoms with Gasteiger partial charge in [-0.3, -0.25) is 0 Å². The van der Waals surface area contributed by atoms with Crippen molar-refractivity contribution in [3.8, 4) is 0 Å². The van der Waals surface area contributed by atoms with Crippen LogP contribution in [0, 0.1) is 4.91 Å². The van der Waals surface area contributed by atoms with Crippen molar-refractivity contribution in [2.45, 2.75) is 6.04 Å². The first kappa shape index (κ1) is 7.88. The van der Waals surface area contributed by atoms with E-state index in [-0.39, 0.29) is 6.61 Å². The number of nitroso groups, excluding NO2 is 1. The normalized spacial score (nSPS) is 12.5. The highest BCUT2D eigenvalue weighted by Gasteiger charge is 2.07. The van der Waals surface area contributed by atoms with E-state index in [1.165, 1.54) is 0 Å². The van der Waals surface area contributed by atoms with E-state index >= 15 is 0 Å². The van der Waals surface area contributed by atoms with Gasteiger partial charge in [-0.1, -0.05) is 35.5 Å². The number of rotatable bonds is 3. The molecule has 1 aromatic carbocycles. The number of aliphatic hydroxyl groups is 1. The molecule has 0 saturated heterocycles. The van der Waals surface area contributed by atoms with Crippen LogP contribution in [-0.4, -0.2) is 11.7 Å². The monoisotopic (exact) mass is 151 g/mol. The van der Waals surface area contributed by atoms with Crippen LogP contribution < -0.4 is 0 Å². The van der Waals surface area contributed by atoms with E-state index in [0.717, 1.165) is 5.56 Å². The van der Waals surface area contributed by atoms with Crippen LogP contribution in [0.5, 0.6) is 0 Å². The summed E-state index contributed by atoms with van der Waals surface area (Å²) in [6.45, 7) is -0.229. The molecule has 0 saturated carbocycles. The molecular formula is C8H9NO2. The molecule has 1 rings (SSSR count). The van der Waals surface area contributed by atoms with Crippen LogP contribution in [0.2, 0.25) is 0 Å². The van der Waals surface area contributed by atoms with Crippen molar-refractivity contribution in [2.75, 3.05) is 6.61 Å². The Bertz CT molecular complexity index is 223. The zero-order chi connectivity index (χ0) is 8.10. The highest BCUT2D eigenvalue weighted by Crippen LogP contribution is 2.14. The minimum absolute atomic E-state index is 0.229. The van der Waals surface area contributed by atoms with Gasteiger partial charge >= 0.3 is 0 Å². The molecule has 1 atom stereocenters. The predicted octanol–water partition coefficient (Wildman–Crippen LogP) is 1.49. The fraction of sp³-hybridized carbons (Fsp3) is 0.250. The molecular weight excluding hydrogens is 142 g/mol. The Kier molecular flexibility index (Phi) is 2.74. The van der Waals surface area contributed by atoms with Gasteiger partial charge in [0.15, 0.2) is 0 Å². The molecule has 0 aliphatic carbocycles. The van der Waals surface area contributed by atoms with E-state index in [1.54, 1.807) is 12.1 Å². The second-order valence-corrected chi connectivity index (χ2v) is 2.21. The van der Waals surface area contributed by atoms with Crippen LogP contribution in [0.4, 0.5) is 0 Å². The Labute approximate surface area is 64.7 Å². The summed E-state index contributed by atoms with van der Waals surface area (Å²) in [5.74, 6) is 0. The van der Waals surface area contributed by atoms with E-state index < -0.39 is 6.04 Å². The second-order valence-electron chi connectivity index (χ2n) is 2.21. The molecule has 0 aliphatic rings. The topological polar surface area (TPSA) is 49.7 Å². The molecule has 0 aromatic heterocycles. The van der Waals surface area contributed by atoms with Gasteiger partial charge in [-0.15, -0.1) is 0 Å². The van der Waals surface area contributed by atoms with Gasteiger partial charge in [0.1, 0.15) is 6.04 Å². The molecule has 0 fully saturated rings. The van der Waals surface area contributed by atoms with Gasteiger partial charge < -0.3 is 5.11 Å². The summed E-state index contributed by atoms with van der Waals surface area (Å²) in [5.41, 5.74) is 0.755. The van der Waals surface area contributed by atoms with Crippen molar-refractivity contribution in [3.05, 3.63) is 40.8 Å². The van der Waals surface area contributed by atoms with Crippen LogP contribution >= 0.6 is 0 Å². The van der Waals surface area contributed by atoms with Gasteiger partial charge in [0.05, 0.1) is 6.61 Å². The lowest BCUT2D eigenvalue weighted by Gasteiger charge is -2.03. The fourth-order valence-corrected chi connectivity index (χ4v) is 0.875. The maximum absolute atomic E-state index is 10.1. The Morgan fingerprint density at radius 1 is 1.36 bits per heavy atom. The van der Waals surface area contributed by atoms with Crippen LogP contribution in [0.25, 0.3) is 0 Å². The predicted molar refractivity (Wildman–Crippen MR) is 42.1 cm³/mol. The molecule has 58 valence electrons. The second kappa shape index (κ2) is 3.83. The van der Waals surface area contributed by atoms with Crippen LogP contribution in [0.15, 0.2) is 35.5 Å². The van der Waals surface area contributed by atoms with Crippen LogP contribution in [0.3, 0.4) is 0 Å². The summed E-state index contributed by atoms with van der Waals surface area (Å²) in [6.07, 6.45) is 0. The third-order valence-electron chi connectivity index (χ3n) is 1.48. The first-order valence-corrected chi connectivity index (χ1v) is 3.36. The van der Waals surface area contributed by atoms with E-state index in [2.05, 4.69) is 5.18 Å². The number of benzene rings is 1. The summed E-state index contributed by atoms with van der Waals surface area (Å²) in [7, 11) is 0. The molecule has 3 nitrogen and oxygen atoms in total. The van der Waals surface area contributed by atoms with Gasteiger partial charge in [0.2, 0.25) is 0 Å². The molecule has 0 radical (unpaired) electrons. The maximum atomic E-state index is 10.1. The Balaban J connectivity index is 2.82. The standard InChI is InChI=1S/C8H9NO2/c10-6-8(9-11)7-4-2-1-3-5-7/h1-5,8,10H,6H2/t8-/m1/s1. The van der Waals surface area contributed by atoms with Gasteiger partial charge in [0, 0.05) is 0 Å². The number of aliphatic hydroxyl groups excluding tert-OH is 1. The molecule has 0 bridgehead atoms. The first-order chi connectivity index (χ1) is 5.38. The highest BCUT2D eigenvalue weighted by molar-refractivity contribution is 5.18. The SMILES string of the molecule is O=N[C@H](CO)c1ccccc1. The summed E-state index contributed by atoms with van der Waals surface area (Å²) in [5, 5.41) is 11.5. The number of hydrogen-bond donors (Lipinski definition) is 1. The van der Waals surface area contributed by atoms with Gasteiger partial charge in [-0.2, -0.15) is 4.91 Å². The smallest absolute Gasteiger partial charge is 0.140 e. The lowest BCUT2D eigenvalue weighted by atomic mass is 10.1. The van der Waals surface area contributed by atoms with Crippen molar-refractivity contribution in [3.63, 3.8) is 0 Å². The number of hydrogen-bond acceptors (Lipinski definition) is 3. The summed E-state index contributed by atoms with van der Waals surface area (Å²) >= 11 is 0. The van der Waals surface area contributed by atoms with Crippen molar-refractivity contribution < 1.29 is 5.11 Å². The van der Waals surface area contributed by atoms with Crippen molar-refractivity contribution in [1.82, 2.24) is 0 Å². The molecule has 11 heavy (non-hydrogen) atoms. The summed E-state index contributed by atoms with van der Waals surface area (Å²) in [4.78, 5) is 10.1. The van der Waals surface area contributed by atoms with Crippen molar-refractivity contribution in [1.29, 1.82) is 0 Å². The molecule has 1 aromatic rings. The highest BCUT2D eigenvalue weighted by atomic mass is 16.3. The minimum atomic E-state index is -0.615. The Morgan fingerprint density at radius 3 is 2.45 bits per heavy atom. The van der Waals surface area contributed by atoms with Crippen LogP contribution in [-0.2, 0) is 0 Å². The van der Waals surface area contributed by atoms with E-state index in [4.69, 9.17) is 5.11 Å². The van der Waals surface area contributed by atoms with Crippen LogP contribution in [0.1, 0.15) is 11.6 Å². The minimum Gasteiger partial charge on any atom is -0.394 e. The van der Waals surface area contributed by atoms with E-state index in [0.29, 0.717) is 0 Å². The number of nitrogens with zero attached hydrogens (tertiary/aromatic N) is 1. The van der Waals surface area contributed by atoms with Gasteiger partial charge in [-0.25, -0.2) is 0 Å². The maximum Gasteiger partial charge on any atom is 0.140 e. The lowest BCUT2D eigenvalue weighted by Crippen LogP contribution is -1.98. The quantitative estimate of drug-likeness (QED) is 0.665. The molecule has 0 heterocycles. The van der Waals surface area contributed by atoms with E-state index in [9.17, 15) is 4.91 Å². The summed E-state index contributed by atoms with van der Waals surface area (Å²) in [6, 6.07) is 8.39. The Morgan fingerprint density at radius 2 is 2.00 bits per heavy atom. The lowest BCUT2D eigenvalue weighted by molar-refractivity contribution is 0.268. The molecule has 1 N–H and O–H groups in total. The molecule has 0 spiro atoms. The molecule has 0 aliphatic heterocycles. The van der Waals surface area contributed by atoms with Gasteiger partial charge in [-0.05, 0) is 5.56 Å². The zero-order valence-electron chi connectivity index (χ0n) is 5.97. The van der Waals surface area contributed by atoms with Crippen molar-refractivity contribution >= 4 is 0 Å². The molecule has 0 unspecified atom stereocenters. The van der Waals surface area contributed by atoms with E-state index in [1.807, 2.05) is 18.2 Å². The molecule has 3 heteroatoms. The average Bonchev–Trinajstić information content (AvgIpc) is 2.09. The largest absolute Gasteiger partial charge is 0.394 e. The van der Waals surface area contributed by atoms with Gasteiger partial charge in [0.25, 0.3) is 0 Å². The fourth-order valence-electron chi connectivity index (χ4n) is 0.875. The third kappa shape index (κ3) is 1.85. The zero-order valence-corrected chi connectivity index (χ0v) is 5.97. The Hall–Kier alpha value is -1.22. The third-order valence-corrected chi connectivity index (χ3v) is 1.48. The molecule has 0 amide bonds.